The molecule has 1 aliphatic rings. The van der Waals surface area contributed by atoms with Crippen molar-refractivity contribution in [1.29, 1.82) is 0 Å². The summed E-state index contributed by atoms with van der Waals surface area (Å²) in [5.74, 6) is 0.290. The Morgan fingerprint density at radius 2 is 2.19 bits per heavy atom. The van der Waals surface area contributed by atoms with Crippen molar-refractivity contribution >= 4 is 16.8 Å². The van der Waals surface area contributed by atoms with Gasteiger partial charge >= 0.3 is 0 Å². The number of nitrogens with zero attached hydrogens (tertiary/aromatic N) is 1. The van der Waals surface area contributed by atoms with Crippen LogP contribution >= 0.6 is 0 Å². The molecular weight excluding hydrogens is 260 g/mol. The molecule has 0 spiro atoms. The lowest BCUT2D eigenvalue weighted by Gasteiger charge is -2.25. The van der Waals surface area contributed by atoms with Crippen molar-refractivity contribution in [2.45, 2.75) is 32.6 Å². The average molecular weight is 282 g/mol. The quantitative estimate of drug-likeness (QED) is 0.853. The fourth-order valence-corrected chi connectivity index (χ4v) is 2.92. The first-order valence-corrected chi connectivity index (χ1v) is 7.72. The molecule has 110 valence electrons. The molecule has 0 saturated heterocycles. The topological polar surface area (TPSA) is 36.1 Å². The van der Waals surface area contributed by atoms with Crippen LogP contribution in [-0.4, -0.2) is 28.9 Å². The van der Waals surface area contributed by atoms with E-state index in [-0.39, 0.29) is 0 Å². The van der Waals surface area contributed by atoms with Gasteiger partial charge in [0.2, 0.25) is 5.91 Å². The molecule has 1 aliphatic heterocycles. The van der Waals surface area contributed by atoms with Gasteiger partial charge in [0.25, 0.3) is 0 Å². The summed E-state index contributed by atoms with van der Waals surface area (Å²) in [4.78, 5) is 17.5. The summed E-state index contributed by atoms with van der Waals surface area (Å²) in [6, 6.07) is 8.33. The van der Waals surface area contributed by atoms with Crippen molar-refractivity contribution in [3.8, 4) is 0 Å². The van der Waals surface area contributed by atoms with Crippen LogP contribution in [0.2, 0.25) is 0 Å². The maximum atomic E-state index is 12.2. The van der Waals surface area contributed by atoms with E-state index in [0.717, 1.165) is 32.4 Å². The Morgan fingerprint density at radius 1 is 1.33 bits per heavy atom. The van der Waals surface area contributed by atoms with Crippen molar-refractivity contribution < 1.29 is 4.79 Å². The van der Waals surface area contributed by atoms with Gasteiger partial charge in [-0.1, -0.05) is 29.8 Å². The lowest BCUT2D eigenvalue weighted by atomic mass is 10.1. The summed E-state index contributed by atoms with van der Waals surface area (Å²) in [6.07, 6.45) is 7.78. The Balaban J connectivity index is 1.53. The van der Waals surface area contributed by atoms with Crippen molar-refractivity contribution in [1.82, 2.24) is 9.88 Å². The number of hydrogen-bond acceptors (Lipinski definition) is 1. The Kier molecular flexibility index (Phi) is 4.09. The third-order valence-electron chi connectivity index (χ3n) is 4.30. The third kappa shape index (κ3) is 3.18. The molecule has 0 saturated carbocycles. The molecule has 0 fully saturated rings. The van der Waals surface area contributed by atoms with Crippen molar-refractivity contribution in [2.75, 3.05) is 13.1 Å². The second-order valence-corrected chi connectivity index (χ2v) is 5.85. The van der Waals surface area contributed by atoms with Crippen molar-refractivity contribution in [3.63, 3.8) is 0 Å². The molecule has 21 heavy (non-hydrogen) atoms. The van der Waals surface area contributed by atoms with Gasteiger partial charge in [-0.05, 0) is 37.8 Å². The molecular formula is C18H22N2O. The number of amides is 1. The van der Waals surface area contributed by atoms with Gasteiger partial charge < -0.3 is 9.88 Å². The molecule has 2 aromatic rings. The number of aromatic nitrogens is 1. The molecule has 0 aliphatic carbocycles. The van der Waals surface area contributed by atoms with Crippen LogP contribution in [0, 0.1) is 0 Å². The predicted octanol–water partition coefficient (Wildman–Crippen LogP) is 3.67. The zero-order valence-electron chi connectivity index (χ0n) is 12.6. The molecule has 0 bridgehead atoms. The van der Waals surface area contributed by atoms with Crippen LogP contribution in [0.5, 0.6) is 0 Å². The third-order valence-corrected chi connectivity index (χ3v) is 4.30. The monoisotopic (exact) mass is 282 g/mol. The molecule has 1 amide bonds. The number of fused-ring (bicyclic) bond motifs is 1. The van der Waals surface area contributed by atoms with E-state index in [1.807, 2.05) is 11.0 Å². The highest BCUT2D eigenvalue weighted by molar-refractivity contribution is 5.83. The van der Waals surface area contributed by atoms with Crippen LogP contribution in [0.1, 0.15) is 31.7 Å². The van der Waals surface area contributed by atoms with E-state index in [1.54, 1.807) is 0 Å². The molecule has 3 nitrogen and oxygen atoms in total. The van der Waals surface area contributed by atoms with Crippen LogP contribution in [-0.2, 0) is 11.2 Å². The van der Waals surface area contributed by atoms with E-state index < -0.39 is 0 Å². The lowest BCUT2D eigenvalue weighted by Crippen LogP contribution is -2.34. The number of aryl methyl sites for hydroxylation is 1. The molecule has 2 heterocycles. The van der Waals surface area contributed by atoms with E-state index >= 15 is 0 Å². The molecule has 0 radical (unpaired) electrons. The summed E-state index contributed by atoms with van der Waals surface area (Å²) in [5.41, 5.74) is 3.89. The SMILES string of the molecule is CC1=CCN(C(=O)CCCc2c[nH]c3ccccc23)CC1. The number of carbonyl (C=O) groups is 1. The molecule has 1 aromatic heterocycles. The van der Waals surface area contributed by atoms with Gasteiger partial charge in [-0.15, -0.1) is 0 Å². The molecule has 1 N–H and O–H groups in total. The Bertz CT molecular complexity index is 669. The van der Waals surface area contributed by atoms with Crippen molar-refractivity contribution in [3.05, 3.63) is 47.7 Å². The minimum Gasteiger partial charge on any atom is -0.361 e. The second-order valence-electron chi connectivity index (χ2n) is 5.85. The van der Waals surface area contributed by atoms with Crippen LogP contribution in [0.15, 0.2) is 42.1 Å². The summed E-state index contributed by atoms with van der Waals surface area (Å²) >= 11 is 0. The van der Waals surface area contributed by atoms with E-state index in [0.29, 0.717) is 12.3 Å². The largest absolute Gasteiger partial charge is 0.361 e. The van der Waals surface area contributed by atoms with Gasteiger partial charge in [-0.3, -0.25) is 4.79 Å². The fourth-order valence-electron chi connectivity index (χ4n) is 2.92. The normalized spacial score (nSPS) is 15.3. The number of carbonyl (C=O) groups excluding carboxylic acids is 1. The van der Waals surface area contributed by atoms with Crippen molar-refractivity contribution in [2.24, 2.45) is 0 Å². The Morgan fingerprint density at radius 3 is 3.00 bits per heavy atom. The number of aromatic amines is 1. The van der Waals surface area contributed by atoms with E-state index in [1.165, 1.54) is 22.0 Å². The number of H-pyrrole nitrogens is 1. The van der Waals surface area contributed by atoms with Crippen LogP contribution < -0.4 is 0 Å². The van der Waals surface area contributed by atoms with Crippen LogP contribution in [0.3, 0.4) is 0 Å². The highest BCUT2D eigenvalue weighted by atomic mass is 16.2. The summed E-state index contributed by atoms with van der Waals surface area (Å²) in [6.45, 7) is 3.81. The van der Waals surface area contributed by atoms with Gasteiger partial charge in [-0.25, -0.2) is 0 Å². The van der Waals surface area contributed by atoms with E-state index in [2.05, 4.69) is 42.4 Å². The number of benzene rings is 1. The number of rotatable bonds is 4. The average Bonchev–Trinajstić information content (AvgIpc) is 2.91. The highest BCUT2D eigenvalue weighted by Crippen LogP contribution is 2.20. The Labute approximate surface area is 125 Å². The standard InChI is InChI=1S/C18H22N2O/c1-14-9-11-20(12-10-14)18(21)8-4-5-15-13-19-17-7-3-2-6-16(15)17/h2-3,6-7,9,13,19H,4-5,8,10-12H2,1H3. The first kappa shape index (κ1) is 13.9. The smallest absolute Gasteiger partial charge is 0.222 e. The Hall–Kier alpha value is -2.03. The molecule has 1 aromatic carbocycles. The van der Waals surface area contributed by atoms with Crippen LogP contribution in [0.4, 0.5) is 0 Å². The van der Waals surface area contributed by atoms with Gasteiger partial charge in [0, 0.05) is 36.6 Å². The molecule has 0 atom stereocenters. The second kappa shape index (κ2) is 6.17. The van der Waals surface area contributed by atoms with E-state index in [9.17, 15) is 4.79 Å². The fraction of sp³-hybridized carbons (Fsp3) is 0.389. The van der Waals surface area contributed by atoms with Gasteiger partial charge in [-0.2, -0.15) is 0 Å². The van der Waals surface area contributed by atoms with Crippen LogP contribution in [0.25, 0.3) is 10.9 Å². The van der Waals surface area contributed by atoms with Gasteiger partial charge in [0.1, 0.15) is 0 Å². The minimum absolute atomic E-state index is 0.290. The number of hydrogen-bond donors (Lipinski definition) is 1. The van der Waals surface area contributed by atoms with E-state index in [4.69, 9.17) is 0 Å². The maximum absolute atomic E-state index is 12.2. The zero-order valence-corrected chi connectivity index (χ0v) is 12.6. The summed E-state index contributed by atoms with van der Waals surface area (Å²) < 4.78 is 0. The lowest BCUT2D eigenvalue weighted by molar-refractivity contribution is -0.130. The number of nitrogens with one attached hydrogen (secondary N) is 1. The molecule has 3 rings (SSSR count). The maximum Gasteiger partial charge on any atom is 0.222 e. The first-order valence-electron chi connectivity index (χ1n) is 7.72. The minimum atomic E-state index is 0.290. The first-order chi connectivity index (χ1) is 10.2. The summed E-state index contributed by atoms with van der Waals surface area (Å²) in [7, 11) is 0. The molecule has 3 heteroatoms. The summed E-state index contributed by atoms with van der Waals surface area (Å²) in [5, 5.41) is 1.28. The van der Waals surface area contributed by atoms with Gasteiger partial charge in [0.15, 0.2) is 0 Å². The molecule has 0 unspecified atom stereocenters. The predicted molar refractivity (Wildman–Crippen MR) is 86.2 cm³/mol. The number of para-hydroxylation sites is 1. The highest BCUT2D eigenvalue weighted by Gasteiger charge is 2.15. The van der Waals surface area contributed by atoms with Gasteiger partial charge in [0.05, 0.1) is 0 Å². The zero-order chi connectivity index (χ0) is 14.7.